The van der Waals surface area contributed by atoms with Gasteiger partial charge in [0.15, 0.2) is 11.5 Å². The Morgan fingerprint density at radius 3 is 2.46 bits per heavy atom. The molecule has 6 heteroatoms. The van der Waals surface area contributed by atoms with Crippen molar-refractivity contribution in [2.75, 3.05) is 0 Å². The van der Waals surface area contributed by atoms with E-state index in [2.05, 4.69) is 46.4 Å². The van der Waals surface area contributed by atoms with Crippen molar-refractivity contribution in [3.8, 4) is 5.82 Å². The van der Waals surface area contributed by atoms with Gasteiger partial charge < -0.3 is 4.90 Å². The number of hydrogen-bond acceptors (Lipinski definition) is 4. The summed E-state index contributed by atoms with van der Waals surface area (Å²) in [4.78, 5) is 18.9. The van der Waals surface area contributed by atoms with E-state index >= 15 is 0 Å². The van der Waals surface area contributed by atoms with Gasteiger partial charge in [0.25, 0.3) is 5.91 Å². The highest BCUT2D eigenvalue weighted by Gasteiger charge is 2.33. The Morgan fingerprint density at radius 2 is 1.88 bits per heavy atom. The maximum atomic E-state index is 13.0. The molecule has 0 radical (unpaired) electrons. The van der Waals surface area contributed by atoms with Gasteiger partial charge in [0.05, 0.1) is 0 Å². The molecule has 1 aliphatic carbocycles. The second-order valence-electron chi connectivity index (χ2n) is 6.58. The zero-order chi connectivity index (χ0) is 17.9. The number of rotatable bonds is 6. The molecule has 0 bridgehead atoms. The van der Waals surface area contributed by atoms with Crippen LogP contribution in [0, 0.1) is 0 Å². The minimum atomic E-state index is -0.0586. The quantitative estimate of drug-likeness (QED) is 0.687. The fraction of sp³-hybridized carbons (Fsp3) is 0.300. The van der Waals surface area contributed by atoms with Crippen LogP contribution < -0.4 is 0 Å². The van der Waals surface area contributed by atoms with E-state index in [4.69, 9.17) is 0 Å². The predicted molar refractivity (Wildman–Crippen MR) is 97.9 cm³/mol. The first kappa shape index (κ1) is 16.4. The summed E-state index contributed by atoms with van der Waals surface area (Å²) in [5, 5.41) is 8.30. The number of imidazole rings is 1. The molecule has 1 aliphatic rings. The molecule has 1 amide bonds. The van der Waals surface area contributed by atoms with Gasteiger partial charge in [-0.15, -0.1) is 10.2 Å². The Kier molecular flexibility index (Phi) is 4.48. The lowest BCUT2D eigenvalue weighted by atomic mass is 10.1. The van der Waals surface area contributed by atoms with Crippen molar-refractivity contribution in [2.24, 2.45) is 0 Å². The van der Waals surface area contributed by atoms with Crippen LogP contribution in [-0.4, -0.2) is 36.6 Å². The SMILES string of the molecule is CCc1ccc(CN(C(=O)c2ccc(-n3ccnc3)nn2)C2CC2)cc1. The van der Waals surface area contributed by atoms with Crippen LogP contribution >= 0.6 is 0 Å². The summed E-state index contributed by atoms with van der Waals surface area (Å²) in [6.07, 6.45) is 8.26. The summed E-state index contributed by atoms with van der Waals surface area (Å²) < 4.78 is 1.76. The van der Waals surface area contributed by atoms with Crippen molar-refractivity contribution < 1.29 is 4.79 Å². The number of amides is 1. The van der Waals surface area contributed by atoms with Crippen LogP contribution in [0.4, 0.5) is 0 Å². The van der Waals surface area contributed by atoms with Gasteiger partial charge in [-0.3, -0.25) is 9.36 Å². The minimum absolute atomic E-state index is 0.0586. The molecule has 2 aromatic heterocycles. The Labute approximate surface area is 152 Å². The first-order valence-corrected chi connectivity index (χ1v) is 8.95. The molecule has 3 aromatic rings. The van der Waals surface area contributed by atoms with Crippen molar-refractivity contribution in [1.82, 2.24) is 24.6 Å². The second-order valence-corrected chi connectivity index (χ2v) is 6.58. The number of hydrogen-bond donors (Lipinski definition) is 0. The van der Waals surface area contributed by atoms with E-state index in [-0.39, 0.29) is 5.91 Å². The molecule has 1 fully saturated rings. The molecule has 0 N–H and O–H groups in total. The summed E-state index contributed by atoms with van der Waals surface area (Å²) >= 11 is 0. The number of carbonyl (C=O) groups excluding carboxylic acids is 1. The largest absolute Gasteiger partial charge is 0.330 e. The van der Waals surface area contributed by atoms with Crippen molar-refractivity contribution in [3.63, 3.8) is 0 Å². The molecule has 2 heterocycles. The smallest absolute Gasteiger partial charge is 0.274 e. The van der Waals surface area contributed by atoms with Crippen LogP contribution in [0.1, 0.15) is 41.4 Å². The van der Waals surface area contributed by atoms with E-state index in [1.807, 2.05) is 4.90 Å². The van der Waals surface area contributed by atoms with Crippen LogP contribution in [0.3, 0.4) is 0 Å². The molecule has 0 spiro atoms. The topological polar surface area (TPSA) is 63.9 Å². The lowest BCUT2D eigenvalue weighted by Gasteiger charge is -2.22. The van der Waals surface area contributed by atoms with Crippen molar-refractivity contribution in [3.05, 3.63) is 71.9 Å². The highest BCUT2D eigenvalue weighted by molar-refractivity contribution is 5.92. The maximum absolute atomic E-state index is 13.0. The van der Waals surface area contributed by atoms with E-state index in [1.54, 1.807) is 35.4 Å². The van der Waals surface area contributed by atoms with Crippen molar-refractivity contribution in [2.45, 2.75) is 38.8 Å². The summed E-state index contributed by atoms with van der Waals surface area (Å²) in [5.41, 5.74) is 2.83. The first-order chi connectivity index (χ1) is 12.7. The molecule has 0 atom stereocenters. The number of benzene rings is 1. The van der Waals surface area contributed by atoms with Crippen LogP contribution in [0.5, 0.6) is 0 Å². The van der Waals surface area contributed by atoms with Gasteiger partial charge in [-0.1, -0.05) is 31.2 Å². The first-order valence-electron chi connectivity index (χ1n) is 8.95. The average molecular weight is 347 g/mol. The fourth-order valence-electron chi connectivity index (χ4n) is 2.95. The number of aryl methyl sites for hydroxylation is 1. The molecule has 4 rings (SSSR count). The average Bonchev–Trinajstić information content (AvgIpc) is 3.39. The molecular formula is C20H21N5O. The van der Waals surface area contributed by atoms with Crippen LogP contribution in [-0.2, 0) is 13.0 Å². The molecule has 0 saturated heterocycles. The lowest BCUT2D eigenvalue weighted by Crippen LogP contribution is -2.33. The zero-order valence-electron chi connectivity index (χ0n) is 14.7. The van der Waals surface area contributed by atoms with Gasteiger partial charge in [0.1, 0.15) is 6.33 Å². The molecule has 1 saturated carbocycles. The summed E-state index contributed by atoms with van der Waals surface area (Å²) in [7, 11) is 0. The lowest BCUT2D eigenvalue weighted by molar-refractivity contribution is 0.0722. The third-order valence-corrected chi connectivity index (χ3v) is 4.67. The monoisotopic (exact) mass is 347 g/mol. The summed E-state index contributed by atoms with van der Waals surface area (Å²) in [5.74, 6) is 0.587. The van der Waals surface area contributed by atoms with E-state index in [1.165, 1.54) is 5.56 Å². The Balaban J connectivity index is 1.51. The Bertz CT molecular complexity index is 868. The predicted octanol–water partition coefficient (Wildman–Crippen LogP) is 3.03. The van der Waals surface area contributed by atoms with Gasteiger partial charge in [0.2, 0.25) is 0 Å². The van der Waals surface area contributed by atoms with Crippen LogP contribution in [0.15, 0.2) is 55.1 Å². The number of carbonyl (C=O) groups is 1. The molecular weight excluding hydrogens is 326 g/mol. The van der Waals surface area contributed by atoms with Crippen molar-refractivity contribution in [1.29, 1.82) is 0 Å². The second kappa shape index (κ2) is 7.07. The Hall–Kier alpha value is -3.02. The van der Waals surface area contributed by atoms with E-state index in [0.717, 1.165) is 24.8 Å². The summed E-state index contributed by atoms with van der Waals surface area (Å²) in [6.45, 7) is 2.75. The Morgan fingerprint density at radius 1 is 1.12 bits per heavy atom. The van der Waals surface area contributed by atoms with Gasteiger partial charge in [-0.2, -0.15) is 0 Å². The number of nitrogens with zero attached hydrogens (tertiary/aromatic N) is 5. The van der Waals surface area contributed by atoms with Crippen LogP contribution in [0.2, 0.25) is 0 Å². The molecule has 0 unspecified atom stereocenters. The number of aromatic nitrogens is 4. The van der Waals surface area contributed by atoms with E-state index in [9.17, 15) is 4.79 Å². The third-order valence-electron chi connectivity index (χ3n) is 4.67. The molecule has 26 heavy (non-hydrogen) atoms. The standard InChI is InChI=1S/C20H21N5O/c1-2-15-3-5-16(6-4-15)13-25(17-7-8-17)20(26)18-9-10-19(23-22-18)24-12-11-21-14-24/h3-6,9-12,14,17H,2,7-8,13H2,1H3. The molecule has 1 aromatic carbocycles. The molecule has 0 aliphatic heterocycles. The van der Waals surface area contributed by atoms with Gasteiger partial charge in [-0.25, -0.2) is 4.98 Å². The van der Waals surface area contributed by atoms with Crippen LogP contribution in [0.25, 0.3) is 5.82 Å². The molecule has 6 nitrogen and oxygen atoms in total. The molecule has 132 valence electrons. The zero-order valence-corrected chi connectivity index (χ0v) is 14.7. The van der Waals surface area contributed by atoms with E-state index in [0.29, 0.717) is 24.1 Å². The highest BCUT2D eigenvalue weighted by Crippen LogP contribution is 2.29. The highest BCUT2D eigenvalue weighted by atomic mass is 16.2. The fourth-order valence-corrected chi connectivity index (χ4v) is 2.95. The van der Waals surface area contributed by atoms with Gasteiger partial charge in [-0.05, 0) is 42.5 Å². The maximum Gasteiger partial charge on any atom is 0.274 e. The van der Waals surface area contributed by atoms with Gasteiger partial charge in [0, 0.05) is 25.0 Å². The minimum Gasteiger partial charge on any atom is -0.330 e. The van der Waals surface area contributed by atoms with Crippen molar-refractivity contribution >= 4 is 5.91 Å². The van der Waals surface area contributed by atoms with E-state index < -0.39 is 0 Å². The summed E-state index contributed by atoms with van der Waals surface area (Å²) in [6, 6.07) is 12.3. The van der Waals surface area contributed by atoms with Gasteiger partial charge >= 0.3 is 0 Å². The normalized spacial score (nSPS) is 13.6. The third kappa shape index (κ3) is 3.49.